The lowest BCUT2D eigenvalue weighted by molar-refractivity contribution is 0.669. The summed E-state index contributed by atoms with van der Waals surface area (Å²) in [5.41, 5.74) is 6.74. The van der Waals surface area contributed by atoms with E-state index in [0.29, 0.717) is 17.5 Å². The number of aromatic nitrogens is 3. The number of nitrogens with zero attached hydrogens (tertiary/aromatic N) is 3. The fraction of sp³-hybridized carbons (Fsp3) is 0. The number of hydrogen-bond acceptors (Lipinski definition) is 4. The van der Waals surface area contributed by atoms with E-state index < -0.39 is 0 Å². The molecule has 0 aliphatic heterocycles. The molecule has 11 rings (SSSR count). The molecule has 53 heavy (non-hydrogen) atoms. The molecule has 0 unspecified atom stereocenters. The summed E-state index contributed by atoms with van der Waals surface area (Å²) in [6.45, 7) is 0. The van der Waals surface area contributed by atoms with Crippen molar-refractivity contribution in [2.24, 2.45) is 0 Å². The molecule has 0 atom stereocenters. The zero-order valence-corrected chi connectivity index (χ0v) is 28.5. The lowest BCUT2D eigenvalue weighted by atomic mass is 9.92. The molecule has 0 bridgehead atoms. The second-order valence-electron chi connectivity index (χ2n) is 13.6. The summed E-state index contributed by atoms with van der Waals surface area (Å²) in [7, 11) is 0. The number of benzene rings is 9. The van der Waals surface area contributed by atoms with Gasteiger partial charge in [0, 0.05) is 27.5 Å². The van der Waals surface area contributed by atoms with Crippen LogP contribution in [0.3, 0.4) is 0 Å². The molecule has 0 fully saturated rings. The number of para-hydroxylation sites is 1. The van der Waals surface area contributed by atoms with Gasteiger partial charge < -0.3 is 4.42 Å². The van der Waals surface area contributed by atoms with Crippen LogP contribution in [0.4, 0.5) is 0 Å². The van der Waals surface area contributed by atoms with Gasteiger partial charge >= 0.3 is 0 Å². The Morgan fingerprint density at radius 3 is 1.74 bits per heavy atom. The van der Waals surface area contributed by atoms with Crippen LogP contribution >= 0.6 is 0 Å². The zero-order valence-electron chi connectivity index (χ0n) is 28.5. The summed E-state index contributed by atoms with van der Waals surface area (Å²) in [5.74, 6) is 1.88. The normalized spacial score (nSPS) is 11.8. The van der Waals surface area contributed by atoms with Crippen molar-refractivity contribution in [1.82, 2.24) is 15.0 Å². The van der Waals surface area contributed by atoms with E-state index in [1.807, 2.05) is 36.4 Å². The molecule has 0 amide bonds. The Labute approximate surface area is 304 Å². The highest BCUT2D eigenvalue weighted by Gasteiger charge is 2.18. The summed E-state index contributed by atoms with van der Waals surface area (Å²) in [6.07, 6.45) is 0. The Balaban J connectivity index is 1.14. The maximum atomic E-state index is 6.31. The summed E-state index contributed by atoms with van der Waals surface area (Å²) < 4.78 is 6.31. The van der Waals surface area contributed by atoms with Crippen molar-refractivity contribution in [2.45, 2.75) is 0 Å². The third kappa shape index (κ3) is 4.80. The monoisotopic (exact) mass is 675 g/mol. The second-order valence-corrected chi connectivity index (χ2v) is 13.6. The number of furan rings is 1. The van der Waals surface area contributed by atoms with Crippen LogP contribution in [-0.2, 0) is 0 Å². The minimum absolute atomic E-state index is 0.620. The predicted octanol–water partition coefficient (Wildman–Crippen LogP) is 13.1. The van der Waals surface area contributed by atoms with E-state index in [2.05, 4.69) is 140 Å². The van der Waals surface area contributed by atoms with Crippen LogP contribution in [-0.4, -0.2) is 15.0 Å². The average molecular weight is 676 g/mol. The first kappa shape index (κ1) is 29.5. The molecule has 4 nitrogen and oxygen atoms in total. The van der Waals surface area contributed by atoms with Gasteiger partial charge in [0.15, 0.2) is 17.5 Å². The van der Waals surface area contributed by atoms with Crippen molar-refractivity contribution in [1.29, 1.82) is 0 Å². The molecule has 0 aliphatic rings. The molecule has 0 spiro atoms. The first-order valence-electron chi connectivity index (χ1n) is 17.9. The minimum atomic E-state index is 0.620. The fourth-order valence-electron chi connectivity index (χ4n) is 7.99. The standard InChI is InChI=1S/C49H29N3O/c1-2-12-32(13-3-1)47-50-48(35-25-26-39-34(27-35)24-23-31-22-21-30-11-4-7-16-38(30)45(31)39)52-49(51-47)36-28-33-14-5-6-15-37(33)42(29-36)40-18-10-20-44-46(40)41-17-8-9-19-43(41)53-44/h1-29H. The molecule has 9 aromatic carbocycles. The SMILES string of the molecule is c1ccc(-c2nc(-c3cc(-c4cccc5oc6ccccc6c45)c4ccccc4c3)nc(-c3ccc4c(ccc5ccc6ccccc6c54)c3)n2)cc1. The van der Waals surface area contributed by atoms with Gasteiger partial charge in [-0.15, -0.1) is 0 Å². The van der Waals surface area contributed by atoms with Crippen molar-refractivity contribution < 1.29 is 4.42 Å². The van der Waals surface area contributed by atoms with Gasteiger partial charge in [-0.25, -0.2) is 15.0 Å². The van der Waals surface area contributed by atoms with Crippen molar-refractivity contribution in [3.63, 3.8) is 0 Å². The van der Waals surface area contributed by atoms with E-state index in [0.717, 1.165) is 65.9 Å². The molecule has 4 heteroatoms. The second kappa shape index (κ2) is 11.7. The predicted molar refractivity (Wildman–Crippen MR) is 219 cm³/mol. The summed E-state index contributed by atoms with van der Waals surface area (Å²) in [5, 5.41) is 11.8. The van der Waals surface area contributed by atoms with E-state index in [-0.39, 0.29) is 0 Å². The van der Waals surface area contributed by atoms with Crippen molar-refractivity contribution in [3.8, 4) is 45.3 Å². The lowest BCUT2D eigenvalue weighted by Gasteiger charge is -2.13. The molecule has 0 saturated carbocycles. The van der Waals surface area contributed by atoms with Crippen molar-refractivity contribution in [2.75, 3.05) is 0 Å². The maximum Gasteiger partial charge on any atom is 0.164 e. The van der Waals surface area contributed by atoms with Gasteiger partial charge in [0.2, 0.25) is 0 Å². The van der Waals surface area contributed by atoms with Gasteiger partial charge in [-0.3, -0.25) is 0 Å². The minimum Gasteiger partial charge on any atom is -0.456 e. The van der Waals surface area contributed by atoms with Gasteiger partial charge in [0.05, 0.1) is 0 Å². The molecular formula is C49H29N3O. The third-order valence-corrected chi connectivity index (χ3v) is 10.5. The highest BCUT2D eigenvalue weighted by Crippen LogP contribution is 2.41. The molecule has 2 aromatic heterocycles. The van der Waals surface area contributed by atoms with Crippen LogP contribution in [0.5, 0.6) is 0 Å². The molecule has 11 aromatic rings. The average Bonchev–Trinajstić information content (AvgIpc) is 3.62. The smallest absolute Gasteiger partial charge is 0.164 e. The largest absolute Gasteiger partial charge is 0.456 e. The summed E-state index contributed by atoms with van der Waals surface area (Å²) in [6, 6.07) is 61.7. The van der Waals surface area contributed by atoms with Gasteiger partial charge in [-0.2, -0.15) is 0 Å². The van der Waals surface area contributed by atoms with Gasteiger partial charge in [-0.05, 0) is 84.5 Å². The number of fused-ring (bicyclic) bond motifs is 9. The maximum absolute atomic E-state index is 6.31. The van der Waals surface area contributed by atoms with Gasteiger partial charge in [0.1, 0.15) is 11.2 Å². The number of hydrogen-bond donors (Lipinski definition) is 0. The Bertz CT molecular complexity index is 3240. The van der Waals surface area contributed by atoms with Crippen molar-refractivity contribution >= 4 is 65.0 Å². The molecule has 0 radical (unpaired) electrons. The van der Waals surface area contributed by atoms with Crippen LogP contribution in [0.15, 0.2) is 180 Å². The summed E-state index contributed by atoms with van der Waals surface area (Å²) in [4.78, 5) is 15.5. The lowest BCUT2D eigenvalue weighted by Crippen LogP contribution is -2.00. The van der Waals surface area contributed by atoms with Crippen LogP contribution < -0.4 is 0 Å². The first-order valence-corrected chi connectivity index (χ1v) is 17.9. The fourth-order valence-corrected chi connectivity index (χ4v) is 7.99. The van der Waals surface area contributed by atoms with E-state index in [1.54, 1.807) is 0 Å². The van der Waals surface area contributed by atoms with E-state index >= 15 is 0 Å². The highest BCUT2D eigenvalue weighted by atomic mass is 16.3. The van der Waals surface area contributed by atoms with Crippen LogP contribution in [0, 0.1) is 0 Å². The van der Waals surface area contributed by atoms with E-state index in [9.17, 15) is 0 Å². The Kier molecular flexibility index (Phi) is 6.52. The Hall–Kier alpha value is -7.17. The van der Waals surface area contributed by atoms with Crippen LogP contribution in [0.2, 0.25) is 0 Å². The first-order chi connectivity index (χ1) is 26.2. The van der Waals surface area contributed by atoms with Gasteiger partial charge in [-0.1, -0.05) is 146 Å². The zero-order chi connectivity index (χ0) is 34.9. The molecule has 246 valence electrons. The molecule has 0 N–H and O–H groups in total. The summed E-state index contributed by atoms with van der Waals surface area (Å²) >= 11 is 0. The Morgan fingerprint density at radius 1 is 0.302 bits per heavy atom. The van der Waals surface area contributed by atoms with E-state index in [1.165, 1.54) is 26.9 Å². The molecule has 2 heterocycles. The number of rotatable bonds is 4. The Morgan fingerprint density at radius 2 is 0.887 bits per heavy atom. The van der Waals surface area contributed by atoms with E-state index in [4.69, 9.17) is 19.4 Å². The molecular weight excluding hydrogens is 647 g/mol. The van der Waals surface area contributed by atoms with Gasteiger partial charge in [0.25, 0.3) is 0 Å². The van der Waals surface area contributed by atoms with Crippen LogP contribution in [0.1, 0.15) is 0 Å². The highest BCUT2D eigenvalue weighted by molar-refractivity contribution is 6.20. The van der Waals surface area contributed by atoms with Crippen molar-refractivity contribution in [3.05, 3.63) is 176 Å². The molecule has 0 saturated heterocycles. The quantitative estimate of drug-likeness (QED) is 0.174. The molecule has 0 aliphatic carbocycles. The topological polar surface area (TPSA) is 51.8 Å². The van der Waals surface area contributed by atoms with Crippen LogP contribution in [0.25, 0.3) is 110 Å². The third-order valence-electron chi connectivity index (χ3n) is 10.5.